The maximum Gasteiger partial charge on any atom is 0.319 e. The molecule has 10 heteroatoms. The van der Waals surface area contributed by atoms with Gasteiger partial charge in [-0.3, -0.25) is 9.78 Å². The van der Waals surface area contributed by atoms with Crippen LogP contribution >= 0.6 is 23.2 Å². The topological polar surface area (TPSA) is 105 Å². The molecule has 0 aliphatic carbocycles. The molecule has 8 nitrogen and oxygen atoms in total. The van der Waals surface area contributed by atoms with E-state index in [9.17, 15) is 9.59 Å². The third-order valence-electron chi connectivity index (χ3n) is 6.38. The van der Waals surface area contributed by atoms with Gasteiger partial charge in [-0.15, -0.1) is 0 Å². The Bertz CT molecular complexity index is 1810. The van der Waals surface area contributed by atoms with E-state index in [1.807, 2.05) is 79.7 Å². The fourth-order valence-electron chi connectivity index (χ4n) is 4.23. The molecule has 0 radical (unpaired) electrons. The molecular weight excluding hydrogens is 585 g/mol. The SMILES string of the molecule is Cc1ccc2cccc(OCc3c(Cl)ccc(NC(=O)CNC(=O)Nc4cccc(/C=C/c5ccncc5)c4)c3Cl)c2n1. The number of fused-ring (bicyclic) bond motifs is 1. The van der Waals surface area contributed by atoms with Gasteiger partial charge in [0.25, 0.3) is 0 Å². The number of amides is 3. The zero-order valence-electron chi connectivity index (χ0n) is 23.1. The molecule has 0 atom stereocenters. The number of ether oxygens (including phenoxy) is 1. The highest BCUT2D eigenvalue weighted by Gasteiger charge is 2.15. The van der Waals surface area contributed by atoms with Crippen molar-refractivity contribution in [2.45, 2.75) is 13.5 Å². The van der Waals surface area contributed by atoms with Gasteiger partial charge < -0.3 is 20.7 Å². The Morgan fingerprint density at radius 1 is 0.884 bits per heavy atom. The number of nitrogens with zero attached hydrogens (tertiary/aromatic N) is 2. The summed E-state index contributed by atoms with van der Waals surface area (Å²) in [7, 11) is 0. The monoisotopic (exact) mass is 611 g/mol. The highest BCUT2D eigenvalue weighted by Crippen LogP contribution is 2.33. The minimum absolute atomic E-state index is 0.0631. The van der Waals surface area contributed by atoms with Crippen LogP contribution in [0.5, 0.6) is 5.75 Å². The van der Waals surface area contributed by atoms with Crippen molar-refractivity contribution in [1.82, 2.24) is 15.3 Å². The van der Waals surface area contributed by atoms with Crippen molar-refractivity contribution in [3.05, 3.63) is 124 Å². The van der Waals surface area contributed by atoms with Crippen LogP contribution in [0.3, 0.4) is 0 Å². The van der Waals surface area contributed by atoms with E-state index in [0.717, 1.165) is 27.7 Å². The van der Waals surface area contributed by atoms with E-state index < -0.39 is 11.9 Å². The van der Waals surface area contributed by atoms with Gasteiger partial charge in [0.2, 0.25) is 5.91 Å². The van der Waals surface area contributed by atoms with Gasteiger partial charge in [0, 0.05) is 39.7 Å². The molecule has 0 spiro atoms. The number of aromatic nitrogens is 2. The lowest BCUT2D eigenvalue weighted by atomic mass is 10.1. The lowest BCUT2D eigenvalue weighted by Crippen LogP contribution is -2.35. The molecule has 43 heavy (non-hydrogen) atoms. The van der Waals surface area contributed by atoms with Crippen LogP contribution in [-0.4, -0.2) is 28.5 Å². The summed E-state index contributed by atoms with van der Waals surface area (Å²) in [6.45, 7) is 1.70. The smallest absolute Gasteiger partial charge is 0.319 e. The molecule has 2 heterocycles. The summed E-state index contributed by atoms with van der Waals surface area (Å²) in [6.07, 6.45) is 7.32. The van der Waals surface area contributed by atoms with E-state index in [2.05, 4.69) is 25.9 Å². The normalized spacial score (nSPS) is 11.0. The molecular formula is C33H27Cl2N5O3. The second-order valence-corrected chi connectivity index (χ2v) is 10.3. The largest absolute Gasteiger partial charge is 0.487 e. The maximum absolute atomic E-state index is 12.7. The summed E-state index contributed by atoms with van der Waals surface area (Å²) >= 11 is 13.0. The number of anilines is 2. The van der Waals surface area contributed by atoms with Crippen LogP contribution in [0.2, 0.25) is 10.0 Å². The van der Waals surface area contributed by atoms with E-state index in [0.29, 0.717) is 27.7 Å². The van der Waals surface area contributed by atoms with E-state index in [1.54, 1.807) is 30.6 Å². The summed E-state index contributed by atoms with van der Waals surface area (Å²) < 4.78 is 6.05. The Morgan fingerprint density at radius 2 is 1.67 bits per heavy atom. The van der Waals surface area contributed by atoms with Crippen LogP contribution in [-0.2, 0) is 11.4 Å². The highest BCUT2D eigenvalue weighted by atomic mass is 35.5. The molecule has 3 N–H and O–H groups in total. The molecule has 3 aromatic carbocycles. The first-order valence-electron chi connectivity index (χ1n) is 13.3. The second kappa shape index (κ2) is 13.8. The highest BCUT2D eigenvalue weighted by molar-refractivity contribution is 6.38. The predicted octanol–water partition coefficient (Wildman–Crippen LogP) is 7.75. The Kier molecular flexibility index (Phi) is 9.51. The second-order valence-electron chi connectivity index (χ2n) is 9.55. The zero-order valence-corrected chi connectivity index (χ0v) is 24.6. The fraction of sp³-hybridized carbons (Fsp3) is 0.0909. The average Bonchev–Trinajstić information content (AvgIpc) is 3.01. The first-order chi connectivity index (χ1) is 20.9. The lowest BCUT2D eigenvalue weighted by Gasteiger charge is -2.15. The van der Waals surface area contributed by atoms with E-state index in [4.69, 9.17) is 27.9 Å². The lowest BCUT2D eigenvalue weighted by molar-refractivity contribution is -0.115. The summed E-state index contributed by atoms with van der Waals surface area (Å²) in [5.41, 5.74) is 4.94. The minimum Gasteiger partial charge on any atom is -0.487 e. The van der Waals surface area contributed by atoms with E-state index >= 15 is 0 Å². The van der Waals surface area contributed by atoms with Crippen molar-refractivity contribution in [2.75, 3.05) is 17.2 Å². The number of rotatable bonds is 9. The third kappa shape index (κ3) is 7.88. The molecule has 2 aromatic heterocycles. The number of para-hydroxylation sites is 1. The summed E-state index contributed by atoms with van der Waals surface area (Å²) in [6, 6.07) is 23.4. The Balaban J connectivity index is 1.16. The quantitative estimate of drug-likeness (QED) is 0.158. The third-order valence-corrected chi connectivity index (χ3v) is 7.17. The summed E-state index contributed by atoms with van der Waals surface area (Å²) in [4.78, 5) is 33.7. The van der Waals surface area contributed by atoms with Gasteiger partial charge in [0.15, 0.2) is 0 Å². The first kappa shape index (κ1) is 29.6. The van der Waals surface area contributed by atoms with Gasteiger partial charge in [0.1, 0.15) is 17.9 Å². The summed E-state index contributed by atoms with van der Waals surface area (Å²) in [5, 5.41) is 9.59. The number of benzene rings is 3. The summed E-state index contributed by atoms with van der Waals surface area (Å²) in [5.74, 6) is 0.127. The molecule has 0 aliphatic heterocycles. The van der Waals surface area contributed by atoms with Gasteiger partial charge in [-0.1, -0.05) is 65.7 Å². The number of hydrogen-bond donors (Lipinski definition) is 3. The zero-order chi connectivity index (χ0) is 30.2. The standard InChI is InChI=1S/C33H27Cl2N5O3/c1-21-8-11-24-5-3-7-29(32(24)38-21)43-20-26-27(34)12-13-28(31(26)35)40-30(41)19-37-33(42)39-25-6-2-4-23(18-25)10-9-22-14-16-36-17-15-22/h2-18H,19-20H2,1H3,(H,40,41)(H2,37,39,42)/b10-9+. The molecule has 216 valence electrons. The predicted molar refractivity (Wildman–Crippen MR) is 173 cm³/mol. The Hall–Kier alpha value is -4.92. The fourth-order valence-corrected chi connectivity index (χ4v) is 4.75. The van der Waals surface area contributed by atoms with Crippen molar-refractivity contribution < 1.29 is 14.3 Å². The van der Waals surface area contributed by atoms with E-state index in [1.165, 1.54) is 0 Å². The minimum atomic E-state index is -0.527. The molecule has 0 aliphatic rings. The van der Waals surface area contributed by atoms with Crippen LogP contribution in [0.1, 0.15) is 22.4 Å². The van der Waals surface area contributed by atoms with Crippen molar-refractivity contribution in [3.63, 3.8) is 0 Å². The number of urea groups is 1. The number of carbonyl (C=O) groups excluding carboxylic acids is 2. The van der Waals surface area contributed by atoms with Crippen molar-refractivity contribution in [3.8, 4) is 5.75 Å². The number of aryl methyl sites for hydroxylation is 1. The average molecular weight is 613 g/mol. The van der Waals surface area contributed by atoms with Crippen molar-refractivity contribution in [2.24, 2.45) is 0 Å². The van der Waals surface area contributed by atoms with Crippen molar-refractivity contribution >= 4 is 69.6 Å². The Morgan fingerprint density at radius 3 is 2.51 bits per heavy atom. The van der Waals surface area contributed by atoms with Crippen LogP contribution in [0.25, 0.3) is 23.1 Å². The number of carbonyl (C=O) groups is 2. The Labute approximate surface area is 258 Å². The maximum atomic E-state index is 12.7. The molecule has 5 aromatic rings. The molecule has 3 amide bonds. The van der Waals surface area contributed by atoms with Gasteiger partial charge in [-0.05, 0) is 66.6 Å². The number of pyridine rings is 2. The van der Waals surface area contributed by atoms with Crippen LogP contribution in [0, 0.1) is 6.92 Å². The molecule has 0 bridgehead atoms. The number of nitrogens with one attached hydrogen (secondary N) is 3. The molecule has 5 rings (SSSR count). The van der Waals surface area contributed by atoms with Gasteiger partial charge in [-0.25, -0.2) is 9.78 Å². The van der Waals surface area contributed by atoms with Crippen LogP contribution < -0.4 is 20.7 Å². The van der Waals surface area contributed by atoms with E-state index in [-0.39, 0.29) is 18.2 Å². The van der Waals surface area contributed by atoms with Crippen LogP contribution in [0.4, 0.5) is 16.2 Å². The molecule has 0 saturated carbocycles. The van der Waals surface area contributed by atoms with Crippen LogP contribution in [0.15, 0.2) is 91.3 Å². The number of halogens is 2. The van der Waals surface area contributed by atoms with Gasteiger partial charge in [-0.2, -0.15) is 0 Å². The molecule has 0 fully saturated rings. The molecule has 0 saturated heterocycles. The molecule has 0 unspecified atom stereocenters. The van der Waals surface area contributed by atoms with Gasteiger partial charge >= 0.3 is 6.03 Å². The van der Waals surface area contributed by atoms with Crippen molar-refractivity contribution in [1.29, 1.82) is 0 Å². The first-order valence-corrected chi connectivity index (χ1v) is 14.1. The van der Waals surface area contributed by atoms with Gasteiger partial charge in [0.05, 0.1) is 17.3 Å². The number of hydrogen-bond acceptors (Lipinski definition) is 5.